The van der Waals surface area contributed by atoms with Crippen LogP contribution in [0.15, 0.2) is 47.6 Å². The fourth-order valence-electron chi connectivity index (χ4n) is 3.12. The van der Waals surface area contributed by atoms with E-state index in [0.29, 0.717) is 16.8 Å². The Labute approximate surface area is 185 Å². The third-order valence-corrected chi connectivity index (χ3v) is 5.51. The minimum Gasteiger partial charge on any atom is -0.310 e. The molecule has 0 atom stereocenters. The van der Waals surface area contributed by atoms with Gasteiger partial charge in [-0.25, -0.2) is 14.2 Å². The van der Waals surface area contributed by atoms with E-state index in [9.17, 15) is 4.79 Å². The number of thioether (sulfide) groups is 1. The molecule has 0 unspecified atom stereocenters. The Morgan fingerprint density at radius 2 is 1.81 bits per heavy atom. The highest BCUT2D eigenvalue weighted by Gasteiger charge is 2.21. The quantitative estimate of drug-likeness (QED) is 0.477. The van der Waals surface area contributed by atoms with E-state index in [4.69, 9.17) is 5.10 Å². The van der Waals surface area contributed by atoms with Gasteiger partial charge in [-0.2, -0.15) is 10.1 Å². The fourth-order valence-corrected chi connectivity index (χ4v) is 3.74. The Morgan fingerprint density at radius 1 is 1.06 bits per heavy atom. The molecule has 0 aliphatic carbocycles. The number of rotatable bonds is 5. The van der Waals surface area contributed by atoms with Crippen LogP contribution in [0.3, 0.4) is 0 Å². The van der Waals surface area contributed by atoms with E-state index < -0.39 is 0 Å². The van der Waals surface area contributed by atoms with Crippen molar-refractivity contribution in [2.24, 2.45) is 0 Å². The fraction of sp³-hybridized carbons (Fsp3) is 0.318. The van der Waals surface area contributed by atoms with Gasteiger partial charge in [-0.15, -0.1) is 5.10 Å². The van der Waals surface area contributed by atoms with E-state index in [1.807, 2.05) is 56.3 Å². The maximum atomic E-state index is 12.7. The van der Waals surface area contributed by atoms with E-state index in [1.165, 1.54) is 11.8 Å². The number of amides is 1. The Bertz CT molecular complexity index is 1240. The number of hydrogen-bond acceptors (Lipinski definition) is 6. The van der Waals surface area contributed by atoms with Gasteiger partial charge in [0.2, 0.25) is 11.1 Å². The van der Waals surface area contributed by atoms with Crippen molar-refractivity contribution in [1.29, 1.82) is 0 Å². The van der Waals surface area contributed by atoms with Crippen molar-refractivity contribution >= 4 is 29.3 Å². The number of fused-ring (bicyclic) bond motifs is 1. The Hall–Kier alpha value is -3.20. The SMILES string of the molecule is Cc1cc(C)n2nc(SCC(=O)Nc3cc(C(C)(C)C)nn3-c3ccccc3)nc2n1. The van der Waals surface area contributed by atoms with Gasteiger partial charge in [0.1, 0.15) is 5.82 Å². The monoisotopic (exact) mass is 435 g/mol. The minimum atomic E-state index is -0.151. The van der Waals surface area contributed by atoms with Gasteiger partial charge in [-0.05, 0) is 32.0 Å². The number of aryl methyl sites for hydroxylation is 2. The predicted octanol–water partition coefficient (Wildman–Crippen LogP) is 3.96. The molecule has 160 valence electrons. The Kier molecular flexibility index (Phi) is 5.53. The van der Waals surface area contributed by atoms with Gasteiger partial charge < -0.3 is 5.32 Å². The van der Waals surface area contributed by atoms with Crippen LogP contribution in [0.4, 0.5) is 5.82 Å². The van der Waals surface area contributed by atoms with Crippen molar-refractivity contribution in [3.63, 3.8) is 0 Å². The first-order chi connectivity index (χ1) is 14.7. The van der Waals surface area contributed by atoms with Crippen LogP contribution in [0.5, 0.6) is 0 Å². The number of carbonyl (C=O) groups excluding carboxylic acids is 1. The molecule has 0 aliphatic rings. The van der Waals surface area contributed by atoms with Crippen molar-refractivity contribution in [2.45, 2.75) is 45.2 Å². The summed E-state index contributed by atoms with van der Waals surface area (Å²) in [4.78, 5) is 21.5. The van der Waals surface area contributed by atoms with Crippen molar-refractivity contribution in [2.75, 3.05) is 11.1 Å². The number of anilines is 1. The molecule has 1 N–H and O–H groups in total. The molecule has 0 bridgehead atoms. The average Bonchev–Trinajstić information content (AvgIpc) is 3.31. The van der Waals surface area contributed by atoms with Crippen LogP contribution >= 0.6 is 11.8 Å². The number of nitrogens with zero attached hydrogens (tertiary/aromatic N) is 6. The zero-order valence-corrected chi connectivity index (χ0v) is 19.1. The second-order valence-electron chi connectivity index (χ2n) is 8.39. The molecule has 8 nitrogen and oxygen atoms in total. The third kappa shape index (κ3) is 4.61. The molecule has 4 aromatic rings. The van der Waals surface area contributed by atoms with Gasteiger partial charge in [-0.3, -0.25) is 4.79 Å². The normalized spacial score (nSPS) is 11.8. The summed E-state index contributed by atoms with van der Waals surface area (Å²) in [6.07, 6.45) is 0. The summed E-state index contributed by atoms with van der Waals surface area (Å²) >= 11 is 1.28. The first-order valence-corrected chi connectivity index (χ1v) is 11.0. The number of carbonyl (C=O) groups is 1. The summed E-state index contributed by atoms with van der Waals surface area (Å²) in [6, 6.07) is 13.6. The minimum absolute atomic E-state index is 0.141. The summed E-state index contributed by atoms with van der Waals surface area (Å²) < 4.78 is 3.45. The number of hydrogen-bond donors (Lipinski definition) is 1. The number of benzene rings is 1. The second-order valence-corrected chi connectivity index (χ2v) is 9.34. The standard InChI is InChI=1S/C22H25N7OS/c1-14-11-15(2)28-20(23-14)25-21(27-28)31-13-19(30)24-18-12-17(22(3,4)5)26-29(18)16-9-7-6-8-10-16/h6-12H,13H2,1-5H3,(H,24,30). The lowest BCUT2D eigenvalue weighted by atomic mass is 9.92. The maximum Gasteiger partial charge on any atom is 0.253 e. The van der Waals surface area contributed by atoms with Crippen LogP contribution in [-0.4, -0.2) is 41.0 Å². The summed E-state index contributed by atoms with van der Waals surface area (Å²) in [6.45, 7) is 10.2. The van der Waals surface area contributed by atoms with Gasteiger partial charge in [0.15, 0.2) is 0 Å². The van der Waals surface area contributed by atoms with Crippen molar-refractivity contribution < 1.29 is 4.79 Å². The molecule has 9 heteroatoms. The zero-order valence-electron chi connectivity index (χ0n) is 18.2. The molecule has 3 heterocycles. The smallest absolute Gasteiger partial charge is 0.253 e. The molecule has 31 heavy (non-hydrogen) atoms. The molecule has 4 rings (SSSR count). The molecule has 0 spiro atoms. The van der Waals surface area contributed by atoms with Gasteiger partial charge in [-0.1, -0.05) is 50.7 Å². The molecular formula is C22H25N7OS. The van der Waals surface area contributed by atoms with E-state index in [0.717, 1.165) is 22.8 Å². The average molecular weight is 436 g/mol. The van der Waals surface area contributed by atoms with Crippen molar-refractivity contribution in [3.8, 4) is 5.69 Å². The first kappa shape index (κ1) is 21.0. The molecule has 0 saturated heterocycles. The Balaban J connectivity index is 1.52. The lowest BCUT2D eigenvalue weighted by Crippen LogP contribution is -2.17. The summed E-state index contributed by atoms with van der Waals surface area (Å²) in [5.41, 5.74) is 3.49. The molecule has 1 aromatic carbocycles. The van der Waals surface area contributed by atoms with E-state index in [1.54, 1.807) is 9.20 Å². The number of nitrogens with one attached hydrogen (secondary N) is 1. The maximum absolute atomic E-state index is 12.7. The molecule has 0 radical (unpaired) electrons. The first-order valence-electron chi connectivity index (χ1n) is 10.0. The van der Waals surface area contributed by atoms with Crippen LogP contribution < -0.4 is 5.32 Å². The number of para-hydroxylation sites is 1. The van der Waals surface area contributed by atoms with Gasteiger partial charge >= 0.3 is 0 Å². The lowest BCUT2D eigenvalue weighted by molar-refractivity contribution is -0.113. The topological polar surface area (TPSA) is 90.0 Å². The summed E-state index contributed by atoms with van der Waals surface area (Å²) in [5.74, 6) is 1.21. The van der Waals surface area contributed by atoms with Crippen LogP contribution in [0.25, 0.3) is 11.5 Å². The van der Waals surface area contributed by atoms with Crippen molar-refractivity contribution in [3.05, 3.63) is 59.5 Å². The largest absolute Gasteiger partial charge is 0.310 e. The second kappa shape index (κ2) is 8.14. The highest BCUT2D eigenvalue weighted by atomic mass is 32.2. The highest BCUT2D eigenvalue weighted by Crippen LogP contribution is 2.26. The lowest BCUT2D eigenvalue weighted by Gasteiger charge is -2.14. The molecule has 0 saturated carbocycles. The van der Waals surface area contributed by atoms with Crippen molar-refractivity contribution in [1.82, 2.24) is 29.4 Å². The number of aromatic nitrogens is 6. The van der Waals surface area contributed by atoms with Crippen LogP contribution in [0.2, 0.25) is 0 Å². The summed E-state index contributed by atoms with van der Waals surface area (Å²) in [5, 5.41) is 12.7. The molecule has 0 fully saturated rings. The van der Waals surface area contributed by atoms with Crippen LogP contribution in [0.1, 0.15) is 37.9 Å². The highest BCUT2D eigenvalue weighted by molar-refractivity contribution is 7.99. The zero-order chi connectivity index (χ0) is 22.2. The van der Waals surface area contributed by atoms with Gasteiger partial charge in [0.25, 0.3) is 5.78 Å². The van der Waals surface area contributed by atoms with E-state index in [-0.39, 0.29) is 17.1 Å². The molecule has 0 aliphatic heterocycles. The van der Waals surface area contributed by atoms with E-state index in [2.05, 4.69) is 41.2 Å². The third-order valence-electron chi connectivity index (χ3n) is 4.68. The van der Waals surface area contributed by atoms with Gasteiger partial charge in [0, 0.05) is 22.9 Å². The molecule has 1 amide bonds. The van der Waals surface area contributed by atoms with Gasteiger partial charge in [0.05, 0.1) is 17.1 Å². The van der Waals surface area contributed by atoms with Crippen LogP contribution in [0, 0.1) is 13.8 Å². The molecule has 3 aromatic heterocycles. The predicted molar refractivity (Wildman–Crippen MR) is 122 cm³/mol. The van der Waals surface area contributed by atoms with Crippen LogP contribution in [-0.2, 0) is 10.2 Å². The molecular weight excluding hydrogens is 410 g/mol. The Morgan fingerprint density at radius 3 is 2.52 bits per heavy atom. The van der Waals surface area contributed by atoms with E-state index >= 15 is 0 Å². The summed E-state index contributed by atoms with van der Waals surface area (Å²) in [7, 11) is 0.